The smallest absolute Gasteiger partial charge is 0.329 e. The highest BCUT2D eigenvalue weighted by atomic mass is 35.5. The average Bonchev–Trinajstić information content (AvgIpc) is 3.81. The molecule has 0 unspecified atom stereocenters. The van der Waals surface area contributed by atoms with Crippen LogP contribution in [0.3, 0.4) is 0 Å². The van der Waals surface area contributed by atoms with Crippen LogP contribution in [0.25, 0.3) is 5.65 Å². The number of hydrogen-bond donors (Lipinski definition) is 3. The molecule has 1 saturated carbocycles. The van der Waals surface area contributed by atoms with Crippen molar-refractivity contribution in [3.05, 3.63) is 99.3 Å². The Morgan fingerprint density at radius 2 is 1.78 bits per heavy atom. The van der Waals surface area contributed by atoms with E-state index < -0.39 is 41.1 Å². The van der Waals surface area contributed by atoms with Crippen molar-refractivity contribution in [3.63, 3.8) is 0 Å². The van der Waals surface area contributed by atoms with Crippen LogP contribution in [0.15, 0.2) is 60.9 Å². The number of anilines is 1. The van der Waals surface area contributed by atoms with Crippen molar-refractivity contribution in [1.29, 1.82) is 5.26 Å². The van der Waals surface area contributed by atoms with Gasteiger partial charge in [-0.05, 0) is 105 Å². The number of carbonyl (C=O) groups excluding carboxylic acids is 3. The molecule has 4 fully saturated rings. The fourth-order valence-corrected chi connectivity index (χ4v) is 10.6. The van der Waals surface area contributed by atoms with Crippen LogP contribution in [-0.4, -0.2) is 76.4 Å². The number of likely N-dealkylation sites (tertiary alicyclic amines) is 1. The first-order valence-corrected chi connectivity index (χ1v) is 22.6. The summed E-state index contributed by atoms with van der Waals surface area (Å²) in [6.07, 6.45) is 9.44. The number of benzene rings is 2. The number of nitrogens with one attached hydrogen (secondary N) is 3. The second-order valence-electron chi connectivity index (χ2n) is 18.7. The molecule has 5 heterocycles. The van der Waals surface area contributed by atoms with Crippen molar-refractivity contribution < 1.29 is 23.2 Å². The summed E-state index contributed by atoms with van der Waals surface area (Å²) in [5.41, 5.74) is -0.438. The van der Waals surface area contributed by atoms with Crippen molar-refractivity contribution in [2.75, 3.05) is 31.1 Å². The number of pyridine rings is 1. The summed E-state index contributed by atoms with van der Waals surface area (Å²) in [6.45, 7) is 9.18. The van der Waals surface area contributed by atoms with E-state index in [1.165, 1.54) is 29.2 Å². The minimum atomic E-state index is -1.68. The predicted octanol–water partition coefficient (Wildman–Crippen LogP) is 8.13. The van der Waals surface area contributed by atoms with Gasteiger partial charge in [0.15, 0.2) is 5.65 Å². The number of rotatable bonds is 8. The molecular formula is C48H52Cl2F2N8O3. The third kappa shape index (κ3) is 9.17. The van der Waals surface area contributed by atoms with E-state index in [-0.39, 0.29) is 63.3 Å². The van der Waals surface area contributed by atoms with Gasteiger partial charge in [0.25, 0.3) is 0 Å². The quantitative estimate of drug-likeness (QED) is 0.152. The maximum atomic E-state index is 16.1. The summed E-state index contributed by atoms with van der Waals surface area (Å²) in [5.74, 6) is 4.96. The Morgan fingerprint density at radius 1 is 1.02 bits per heavy atom. The Morgan fingerprint density at radius 3 is 2.48 bits per heavy atom. The lowest BCUT2D eigenvalue weighted by Crippen LogP contribution is -2.50. The molecule has 8 rings (SSSR count). The zero-order chi connectivity index (χ0) is 44.6. The van der Waals surface area contributed by atoms with Crippen molar-refractivity contribution in [1.82, 2.24) is 30.2 Å². The first-order valence-electron chi connectivity index (χ1n) is 21.8. The van der Waals surface area contributed by atoms with E-state index in [1.54, 1.807) is 12.3 Å². The Bertz CT molecular complexity index is 2510. The number of piperidine rings is 1. The number of hydrogen-bond acceptors (Lipinski definition) is 7. The first-order chi connectivity index (χ1) is 30.1. The standard InChI is InChI=1S/C48H52Cl2F2N8O3/c1-47(2,3)25-38-48(28-53,35-16-13-32(49)24-37(35)51)41(34-7-4-8-36(50)42(34)52)43(56-38)45(62)55-33-14-10-30(11-15-33)27-58-21-17-29(18-22-58)9-12-31-6-5-20-59-40(26-54-44(31)59)60-23-19-39(61)57-46(60)63/h4-8,13,16,20,24,26,29-30,33,38,41,43,56H,10-11,14-15,17-19,21-23,25,27H2,1-3H3,(H,55,62)(H,57,61,63)/t30?,33?,38-,41-,43+,48-/m0/s1. The van der Waals surface area contributed by atoms with Gasteiger partial charge in [0, 0.05) is 60.2 Å². The zero-order valence-corrected chi connectivity index (χ0v) is 37.2. The molecule has 2 aromatic heterocycles. The average molecular weight is 898 g/mol. The molecule has 3 saturated heterocycles. The second-order valence-corrected chi connectivity index (χ2v) is 19.6. The summed E-state index contributed by atoms with van der Waals surface area (Å²) < 4.78 is 34.0. The lowest BCUT2D eigenvalue weighted by Gasteiger charge is -2.38. The van der Waals surface area contributed by atoms with Gasteiger partial charge in [0.05, 0.1) is 28.9 Å². The van der Waals surface area contributed by atoms with E-state index in [1.807, 2.05) is 43.5 Å². The van der Waals surface area contributed by atoms with Crippen molar-refractivity contribution in [2.24, 2.45) is 17.3 Å². The van der Waals surface area contributed by atoms with E-state index >= 15 is 8.78 Å². The lowest BCUT2D eigenvalue weighted by atomic mass is 9.62. The molecule has 0 bridgehead atoms. The largest absolute Gasteiger partial charge is 0.352 e. The van der Waals surface area contributed by atoms with Crippen LogP contribution in [0, 0.1) is 52.1 Å². The molecule has 4 aliphatic rings. The summed E-state index contributed by atoms with van der Waals surface area (Å²) in [4.78, 5) is 47.2. The third-order valence-electron chi connectivity index (χ3n) is 13.3. The first kappa shape index (κ1) is 44.6. The van der Waals surface area contributed by atoms with Crippen LogP contribution >= 0.6 is 23.2 Å². The van der Waals surface area contributed by atoms with Gasteiger partial charge in [0.1, 0.15) is 22.9 Å². The fraction of sp³-hybridized carbons (Fsp3) is 0.479. The van der Waals surface area contributed by atoms with Crippen LogP contribution < -0.4 is 20.9 Å². The number of fused-ring (bicyclic) bond motifs is 1. The molecule has 4 amide bonds. The van der Waals surface area contributed by atoms with Crippen molar-refractivity contribution in [2.45, 2.75) is 102 Å². The number of urea groups is 1. The van der Waals surface area contributed by atoms with Gasteiger partial charge >= 0.3 is 6.03 Å². The normalized spacial score (nSPS) is 25.9. The Balaban J connectivity index is 0.898. The Kier molecular flexibility index (Phi) is 12.9. The molecule has 3 N–H and O–H groups in total. The minimum Gasteiger partial charge on any atom is -0.352 e. The lowest BCUT2D eigenvalue weighted by molar-refractivity contribution is -0.124. The van der Waals surface area contributed by atoms with Gasteiger partial charge in [-0.15, -0.1) is 0 Å². The molecule has 1 aliphatic carbocycles. The molecule has 2 aromatic carbocycles. The summed E-state index contributed by atoms with van der Waals surface area (Å²) in [5, 5.41) is 20.2. The molecule has 4 aromatic rings. The van der Waals surface area contributed by atoms with Crippen molar-refractivity contribution in [3.8, 4) is 17.9 Å². The summed E-state index contributed by atoms with van der Waals surface area (Å²) in [7, 11) is 0. The Hall–Kier alpha value is -5.05. The van der Waals surface area contributed by atoms with E-state index in [0.717, 1.165) is 69.8 Å². The van der Waals surface area contributed by atoms with E-state index in [9.17, 15) is 19.6 Å². The van der Waals surface area contributed by atoms with Crippen LogP contribution in [0.5, 0.6) is 0 Å². The summed E-state index contributed by atoms with van der Waals surface area (Å²) in [6, 6.07) is 12.6. The van der Waals surface area contributed by atoms with Crippen LogP contribution in [0.1, 0.15) is 94.7 Å². The zero-order valence-electron chi connectivity index (χ0n) is 35.7. The van der Waals surface area contributed by atoms with Gasteiger partial charge in [-0.25, -0.2) is 18.6 Å². The number of halogens is 4. The van der Waals surface area contributed by atoms with Gasteiger partial charge < -0.3 is 15.5 Å². The molecule has 0 spiro atoms. The number of imidazole rings is 1. The topological polar surface area (TPSA) is 135 Å². The second kappa shape index (κ2) is 18.2. The summed E-state index contributed by atoms with van der Waals surface area (Å²) >= 11 is 12.5. The van der Waals surface area contributed by atoms with Gasteiger partial charge in [0.2, 0.25) is 11.8 Å². The highest BCUT2D eigenvalue weighted by Gasteiger charge is 2.61. The van der Waals surface area contributed by atoms with Gasteiger partial charge in [-0.1, -0.05) is 74.0 Å². The SMILES string of the molecule is CC(C)(C)C[C@@H]1N[C@@H](C(=O)NC2CCC(CN3CCC(C#Cc4cccn5c(N6CCC(=O)NC6=O)cnc45)CC3)CC2)[C@H](c2cccc(Cl)c2F)[C@@]1(C#N)c1ccc(Cl)cc1F. The molecule has 330 valence electrons. The number of nitriles is 1. The van der Waals surface area contributed by atoms with E-state index in [0.29, 0.717) is 23.8 Å². The van der Waals surface area contributed by atoms with E-state index in [2.05, 4.69) is 43.7 Å². The van der Waals surface area contributed by atoms with Crippen LogP contribution in [0.4, 0.5) is 19.4 Å². The highest BCUT2D eigenvalue weighted by molar-refractivity contribution is 6.31. The minimum absolute atomic E-state index is 0.0556. The molecule has 0 radical (unpaired) electrons. The Labute approximate surface area is 376 Å². The van der Waals surface area contributed by atoms with Crippen molar-refractivity contribution >= 4 is 52.5 Å². The predicted molar refractivity (Wildman–Crippen MR) is 238 cm³/mol. The molecule has 63 heavy (non-hydrogen) atoms. The number of nitrogens with zero attached hydrogens (tertiary/aromatic N) is 5. The number of aromatic nitrogens is 2. The third-order valence-corrected chi connectivity index (χ3v) is 13.8. The molecular weight excluding hydrogens is 845 g/mol. The van der Waals surface area contributed by atoms with Crippen LogP contribution in [-0.2, 0) is 15.0 Å². The molecule has 3 aliphatic heterocycles. The molecule has 4 atom stereocenters. The maximum absolute atomic E-state index is 16.1. The van der Waals surface area contributed by atoms with Gasteiger partial charge in [-0.3, -0.25) is 24.2 Å². The number of amides is 4. The maximum Gasteiger partial charge on any atom is 0.329 e. The highest BCUT2D eigenvalue weighted by Crippen LogP contribution is 2.53. The van der Waals surface area contributed by atoms with Crippen LogP contribution in [0.2, 0.25) is 10.0 Å². The molecule has 11 nitrogen and oxygen atoms in total. The molecule has 15 heteroatoms. The fourth-order valence-electron chi connectivity index (χ4n) is 10.2. The number of carbonyl (C=O) groups is 3. The monoisotopic (exact) mass is 896 g/mol. The number of imide groups is 1. The van der Waals surface area contributed by atoms with Gasteiger partial charge in [-0.2, -0.15) is 5.26 Å². The van der Waals surface area contributed by atoms with E-state index in [4.69, 9.17) is 23.2 Å².